The van der Waals surface area contributed by atoms with Crippen LogP contribution in [-0.4, -0.2) is 21.8 Å². The molecule has 2 rings (SSSR count). The molecule has 1 aromatic rings. The lowest BCUT2D eigenvalue weighted by atomic mass is 9.78. The second kappa shape index (κ2) is 6.45. The number of rotatable bonds is 5. The minimum absolute atomic E-state index is 0.0336. The Hall–Kier alpha value is -1.71. The number of hydrogen-bond acceptors (Lipinski definition) is 3. The van der Waals surface area contributed by atoms with Crippen molar-refractivity contribution in [3.05, 3.63) is 30.1 Å². The minimum Gasteiger partial charge on any atom is -0.481 e. The summed E-state index contributed by atoms with van der Waals surface area (Å²) in [4.78, 5) is 27.5. The van der Waals surface area contributed by atoms with E-state index in [-0.39, 0.29) is 18.1 Å². The highest BCUT2D eigenvalue weighted by molar-refractivity contribution is 5.91. The van der Waals surface area contributed by atoms with Crippen LogP contribution in [0.5, 0.6) is 0 Å². The molecule has 1 aromatic heterocycles. The number of Topliss-reactive ketones (excluding diaryl/α,β-unsaturated/α-hetero) is 1. The third-order valence-corrected chi connectivity index (χ3v) is 3.84. The zero-order valence-electron chi connectivity index (χ0n) is 10.9. The van der Waals surface area contributed by atoms with Gasteiger partial charge in [0.25, 0.3) is 0 Å². The number of ketones is 1. The van der Waals surface area contributed by atoms with E-state index in [1.165, 1.54) is 6.42 Å². The molecule has 1 fully saturated rings. The third kappa shape index (κ3) is 3.63. The molecule has 0 aromatic carbocycles. The fourth-order valence-electron chi connectivity index (χ4n) is 2.82. The van der Waals surface area contributed by atoms with Crippen LogP contribution in [0.15, 0.2) is 24.5 Å². The van der Waals surface area contributed by atoms with Gasteiger partial charge in [0.05, 0.1) is 12.3 Å². The number of aliphatic carboxylic acids is 1. The van der Waals surface area contributed by atoms with Crippen LogP contribution in [0.3, 0.4) is 0 Å². The number of nitrogens with zero attached hydrogens (tertiary/aromatic N) is 1. The molecule has 4 heteroatoms. The van der Waals surface area contributed by atoms with E-state index >= 15 is 0 Å². The number of carboxylic acid groups (broad SMARTS) is 1. The fraction of sp³-hybridized carbons (Fsp3) is 0.533. The van der Waals surface area contributed by atoms with Gasteiger partial charge in [-0.15, -0.1) is 0 Å². The van der Waals surface area contributed by atoms with Crippen LogP contribution in [0, 0.1) is 5.92 Å². The van der Waals surface area contributed by atoms with Gasteiger partial charge in [0.15, 0.2) is 0 Å². The van der Waals surface area contributed by atoms with E-state index in [9.17, 15) is 9.59 Å². The number of carboxylic acids is 1. The second-order valence-electron chi connectivity index (χ2n) is 5.17. The van der Waals surface area contributed by atoms with Crippen molar-refractivity contribution in [2.24, 2.45) is 5.92 Å². The molecule has 1 aliphatic carbocycles. The van der Waals surface area contributed by atoms with Gasteiger partial charge in [-0.05, 0) is 30.5 Å². The highest BCUT2D eigenvalue weighted by Crippen LogP contribution is 2.31. The number of pyridine rings is 1. The summed E-state index contributed by atoms with van der Waals surface area (Å²) >= 11 is 0. The first kappa shape index (κ1) is 13.7. The first-order valence-corrected chi connectivity index (χ1v) is 6.84. The summed E-state index contributed by atoms with van der Waals surface area (Å²) in [6.07, 6.45) is 8.23. The highest BCUT2D eigenvalue weighted by Gasteiger charge is 2.30. The van der Waals surface area contributed by atoms with Crippen LogP contribution < -0.4 is 0 Å². The Bertz CT molecular complexity index is 438. The largest absolute Gasteiger partial charge is 0.481 e. The van der Waals surface area contributed by atoms with Crippen LogP contribution >= 0.6 is 0 Å². The van der Waals surface area contributed by atoms with Crippen molar-refractivity contribution < 1.29 is 14.7 Å². The van der Waals surface area contributed by atoms with Gasteiger partial charge < -0.3 is 5.11 Å². The first-order valence-electron chi connectivity index (χ1n) is 6.84. The maximum atomic E-state index is 12.6. The Morgan fingerprint density at radius 1 is 1.21 bits per heavy atom. The van der Waals surface area contributed by atoms with Gasteiger partial charge in [-0.25, -0.2) is 0 Å². The molecule has 1 atom stereocenters. The molecule has 4 nitrogen and oxygen atoms in total. The molecule has 0 bridgehead atoms. The van der Waals surface area contributed by atoms with Crippen molar-refractivity contribution in [2.75, 3.05) is 0 Å². The molecule has 0 radical (unpaired) electrons. The first-order chi connectivity index (χ1) is 9.18. The van der Waals surface area contributed by atoms with E-state index in [0.29, 0.717) is 0 Å². The Kier molecular flexibility index (Phi) is 4.66. The summed E-state index contributed by atoms with van der Waals surface area (Å²) in [5, 5.41) is 9.02. The molecule has 0 aliphatic heterocycles. The van der Waals surface area contributed by atoms with Crippen molar-refractivity contribution in [2.45, 2.75) is 44.4 Å². The lowest BCUT2D eigenvalue weighted by Gasteiger charge is -2.24. The molecule has 102 valence electrons. The maximum absolute atomic E-state index is 12.6. The van der Waals surface area contributed by atoms with Gasteiger partial charge in [0, 0.05) is 18.3 Å². The normalized spacial score (nSPS) is 17.9. The van der Waals surface area contributed by atoms with Crippen molar-refractivity contribution in [1.29, 1.82) is 0 Å². The molecule has 1 saturated carbocycles. The second-order valence-corrected chi connectivity index (χ2v) is 5.17. The molecule has 1 aliphatic rings. The molecule has 0 amide bonds. The van der Waals surface area contributed by atoms with Gasteiger partial charge in [-0.2, -0.15) is 0 Å². The Balaban J connectivity index is 2.17. The summed E-state index contributed by atoms with van der Waals surface area (Å²) < 4.78 is 0. The van der Waals surface area contributed by atoms with E-state index in [4.69, 9.17) is 5.11 Å². The predicted molar refractivity (Wildman–Crippen MR) is 70.8 cm³/mol. The third-order valence-electron chi connectivity index (χ3n) is 3.84. The summed E-state index contributed by atoms with van der Waals surface area (Å²) in [6.45, 7) is 0. The van der Waals surface area contributed by atoms with E-state index in [1.54, 1.807) is 24.5 Å². The van der Waals surface area contributed by atoms with Crippen molar-refractivity contribution in [3.8, 4) is 0 Å². The highest BCUT2D eigenvalue weighted by atomic mass is 16.4. The van der Waals surface area contributed by atoms with E-state index in [0.717, 1.165) is 31.2 Å². The van der Waals surface area contributed by atoms with E-state index in [2.05, 4.69) is 4.98 Å². The molecule has 0 saturated heterocycles. The van der Waals surface area contributed by atoms with Gasteiger partial charge in [0.2, 0.25) is 0 Å². The smallest absolute Gasteiger partial charge is 0.304 e. The monoisotopic (exact) mass is 261 g/mol. The van der Waals surface area contributed by atoms with E-state index < -0.39 is 11.9 Å². The zero-order chi connectivity index (χ0) is 13.7. The fourth-order valence-corrected chi connectivity index (χ4v) is 2.82. The van der Waals surface area contributed by atoms with Crippen molar-refractivity contribution >= 4 is 11.8 Å². The zero-order valence-corrected chi connectivity index (χ0v) is 10.9. The Morgan fingerprint density at radius 2 is 1.84 bits per heavy atom. The summed E-state index contributed by atoms with van der Waals surface area (Å²) in [5.41, 5.74) is 0.771. The predicted octanol–water partition coefficient (Wildman–Crippen LogP) is 2.79. The summed E-state index contributed by atoms with van der Waals surface area (Å²) in [7, 11) is 0. The summed E-state index contributed by atoms with van der Waals surface area (Å²) in [5.74, 6) is -1.32. The molecular formula is C15H19NO3. The number of carbonyl (C=O) groups excluding carboxylic acids is 1. The van der Waals surface area contributed by atoms with Crippen LogP contribution in [0.25, 0.3) is 0 Å². The molecule has 1 N–H and O–H groups in total. The Labute approximate surface area is 112 Å². The standard InChI is InChI=1S/C15H19NO3/c17-14(18)10-13(11-6-8-16-9-7-11)15(19)12-4-2-1-3-5-12/h6-9,12-13H,1-5,10H2,(H,17,18). The minimum atomic E-state index is -0.925. The maximum Gasteiger partial charge on any atom is 0.304 e. The van der Waals surface area contributed by atoms with Gasteiger partial charge in [-0.3, -0.25) is 14.6 Å². The SMILES string of the molecule is O=C(O)CC(C(=O)C1CCCCC1)c1ccncc1. The average Bonchev–Trinajstić information content (AvgIpc) is 2.46. The lowest BCUT2D eigenvalue weighted by Crippen LogP contribution is -2.26. The van der Waals surface area contributed by atoms with Crippen molar-refractivity contribution in [3.63, 3.8) is 0 Å². The number of carbonyl (C=O) groups is 2. The quantitative estimate of drug-likeness (QED) is 0.885. The molecule has 1 heterocycles. The van der Waals surface area contributed by atoms with E-state index in [1.807, 2.05) is 0 Å². The average molecular weight is 261 g/mol. The Morgan fingerprint density at radius 3 is 2.42 bits per heavy atom. The van der Waals surface area contributed by atoms with Crippen LogP contribution in [0.1, 0.15) is 50.0 Å². The molecule has 19 heavy (non-hydrogen) atoms. The number of hydrogen-bond donors (Lipinski definition) is 1. The van der Waals surface area contributed by atoms with Crippen LogP contribution in [0.4, 0.5) is 0 Å². The number of aromatic nitrogens is 1. The topological polar surface area (TPSA) is 67.3 Å². The molecular weight excluding hydrogens is 242 g/mol. The van der Waals surface area contributed by atoms with Gasteiger partial charge >= 0.3 is 5.97 Å². The van der Waals surface area contributed by atoms with Crippen LogP contribution in [-0.2, 0) is 9.59 Å². The van der Waals surface area contributed by atoms with Gasteiger partial charge in [0.1, 0.15) is 5.78 Å². The van der Waals surface area contributed by atoms with Crippen molar-refractivity contribution in [1.82, 2.24) is 4.98 Å². The summed E-state index contributed by atoms with van der Waals surface area (Å²) in [6, 6.07) is 3.49. The lowest BCUT2D eigenvalue weighted by molar-refractivity contribution is -0.140. The molecule has 0 spiro atoms. The van der Waals surface area contributed by atoms with Gasteiger partial charge in [-0.1, -0.05) is 19.3 Å². The van der Waals surface area contributed by atoms with Crippen LogP contribution in [0.2, 0.25) is 0 Å². The molecule has 1 unspecified atom stereocenters.